The minimum absolute atomic E-state index is 0.421. The van der Waals surface area contributed by atoms with E-state index in [0.29, 0.717) is 24.4 Å². The molecule has 0 aliphatic heterocycles. The Morgan fingerprint density at radius 1 is 1.22 bits per heavy atom. The lowest BCUT2D eigenvalue weighted by Crippen LogP contribution is -2.14. The van der Waals surface area contributed by atoms with E-state index in [2.05, 4.69) is 43.0 Å². The van der Waals surface area contributed by atoms with Crippen LogP contribution in [0.3, 0.4) is 0 Å². The Hall–Kier alpha value is -1.16. The molecule has 1 aromatic heterocycles. The van der Waals surface area contributed by atoms with Crippen molar-refractivity contribution in [3.8, 4) is 0 Å². The number of hydrogen-bond donors (Lipinski definition) is 1. The molecule has 1 aromatic rings. The fourth-order valence-electron chi connectivity index (χ4n) is 1.52. The fraction of sp³-hybridized carbons (Fsp3) is 0.714. The van der Waals surface area contributed by atoms with Gasteiger partial charge in [0.25, 0.3) is 0 Å². The van der Waals surface area contributed by atoms with E-state index < -0.39 is 0 Å². The molecule has 4 heteroatoms. The van der Waals surface area contributed by atoms with Crippen LogP contribution in [0, 0.1) is 12.8 Å². The zero-order chi connectivity index (χ0) is 13.5. The molecule has 0 amide bonds. The van der Waals surface area contributed by atoms with E-state index in [0.717, 1.165) is 24.5 Å². The van der Waals surface area contributed by atoms with Crippen LogP contribution in [0.2, 0.25) is 0 Å². The molecule has 0 aliphatic carbocycles. The molecule has 18 heavy (non-hydrogen) atoms. The second kappa shape index (κ2) is 7.31. The number of rotatable bonds is 7. The van der Waals surface area contributed by atoms with E-state index in [9.17, 15) is 0 Å². The number of aromatic nitrogens is 2. The molecule has 1 N–H and O–H groups in total. The van der Waals surface area contributed by atoms with Crippen LogP contribution in [-0.2, 0) is 4.74 Å². The number of nitrogens with zero attached hydrogens (tertiary/aromatic N) is 2. The monoisotopic (exact) mass is 251 g/mol. The normalized spacial score (nSPS) is 11.3. The first kappa shape index (κ1) is 14.9. The van der Waals surface area contributed by atoms with Crippen molar-refractivity contribution in [2.75, 3.05) is 25.1 Å². The van der Waals surface area contributed by atoms with E-state index in [1.807, 2.05) is 13.0 Å². The number of hydrogen-bond acceptors (Lipinski definition) is 4. The SMILES string of the molecule is Cc1cc(C(C)C)nc(NCCOCC(C)C)n1. The van der Waals surface area contributed by atoms with Crippen LogP contribution < -0.4 is 5.32 Å². The summed E-state index contributed by atoms with van der Waals surface area (Å²) in [4.78, 5) is 8.86. The molecule has 1 rings (SSSR count). The largest absolute Gasteiger partial charge is 0.379 e. The third kappa shape index (κ3) is 5.45. The van der Waals surface area contributed by atoms with Gasteiger partial charge in [-0.3, -0.25) is 0 Å². The van der Waals surface area contributed by atoms with Gasteiger partial charge in [-0.2, -0.15) is 0 Å². The second-order valence-corrected chi connectivity index (χ2v) is 5.31. The summed E-state index contributed by atoms with van der Waals surface area (Å²) in [7, 11) is 0. The molecule has 0 saturated heterocycles. The third-order valence-electron chi connectivity index (χ3n) is 2.45. The number of aryl methyl sites for hydroxylation is 1. The predicted octanol–water partition coefficient (Wildman–Crippen LogP) is 2.99. The summed E-state index contributed by atoms with van der Waals surface area (Å²) in [5.74, 6) is 1.70. The van der Waals surface area contributed by atoms with Gasteiger partial charge in [0, 0.05) is 24.5 Å². The molecular formula is C14H25N3O. The van der Waals surface area contributed by atoms with E-state index in [4.69, 9.17) is 4.74 Å². The molecule has 0 atom stereocenters. The van der Waals surface area contributed by atoms with Crippen molar-refractivity contribution < 1.29 is 4.74 Å². The Morgan fingerprint density at radius 2 is 1.94 bits per heavy atom. The molecule has 0 saturated carbocycles. The molecule has 102 valence electrons. The molecule has 0 unspecified atom stereocenters. The van der Waals surface area contributed by atoms with Crippen molar-refractivity contribution in [2.24, 2.45) is 5.92 Å². The van der Waals surface area contributed by atoms with Crippen molar-refractivity contribution >= 4 is 5.95 Å². The van der Waals surface area contributed by atoms with Gasteiger partial charge < -0.3 is 10.1 Å². The summed E-state index contributed by atoms with van der Waals surface area (Å²) in [6.45, 7) is 12.8. The van der Waals surface area contributed by atoms with Crippen molar-refractivity contribution in [3.05, 3.63) is 17.5 Å². The standard InChI is InChI=1S/C14H25N3O/c1-10(2)9-18-7-6-15-14-16-12(5)8-13(17-14)11(3)4/h8,10-11H,6-7,9H2,1-5H3,(H,15,16,17). The van der Waals surface area contributed by atoms with Gasteiger partial charge in [-0.15, -0.1) is 0 Å². The summed E-state index contributed by atoms with van der Waals surface area (Å²) in [6.07, 6.45) is 0. The molecule has 0 bridgehead atoms. The van der Waals surface area contributed by atoms with Crippen LogP contribution in [0.5, 0.6) is 0 Å². The van der Waals surface area contributed by atoms with E-state index in [-0.39, 0.29) is 0 Å². The van der Waals surface area contributed by atoms with Gasteiger partial charge in [0.2, 0.25) is 5.95 Å². The summed E-state index contributed by atoms with van der Waals surface area (Å²) in [6, 6.07) is 2.03. The lowest BCUT2D eigenvalue weighted by Gasteiger charge is -2.11. The summed E-state index contributed by atoms with van der Waals surface area (Å²) < 4.78 is 5.51. The Morgan fingerprint density at radius 3 is 2.56 bits per heavy atom. The zero-order valence-corrected chi connectivity index (χ0v) is 12.2. The fourth-order valence-corrected chi connectivity index (χ4v) is 1.52. The quantitative estimate of drug-likeness (QED) is 0.757. The van der Waals surface area contributed by atoms with Gasteiger partial charge in [0.15, 0.2) is 0 Å². The molecular weight excluding hydrogens is 226 g/mol. The molecule has 1 heterocycles. The van der Waals surface area contributed by atoms with E-state index >= 15 is 0 Å². The highest BCUT2D eigenvalue weighted by molar-refractivity contribution is 5.28. The highest BCUT2D eigenvalue weighted by Crippen LogP contribution is 2.14. The Balaban J connectivity index is 2.42. The van der Waals surface area contributed by atoms with Crippen LogP contribution in [0.15, 0.2) is 6.07 Å². The highest BCUT2D eigenvalue weighted by atomic mass is 16.5. The summed E-state index contributed by atoms with van der Waals surface area (Å²) >= 11 is 0. The second-order valence-electron chi connectivity index (χ2n) is 5.31. The Kier molecular flexibility index (Phi) is 6.05. The Labute approximate surface area is 110 Å². The number of ether oxygens (including phenoxy) is 1. The van der Waals surface area contributed by atoms with E-state index in [1.165, 1.54) is 0 Å². The van der Waals surface area contributed by atoms with Crippen LogP contribution in [-0.4, -0.2) is 29.7 Å². The van der Waals surface area contributed by atoms with Gasteiger partial charge in [-0.1, -0.05) is 27.7 Å². The van der Waals surface area contributed by atoms with Crippen molar-refractivity contribution in [1.29, 1.82) is 0 Å². The van der Waals surface area contributed by atoms with E-state index in [1.54, 1.807) is 0 Å². The minimum Gasteiger partial charge on any atom is -0.379 e. The van der Waals surface area contributed by atoms with Crippen molar-refractivity contribution in [1.82, 2.24) is 9.97 Å². The van der Waals surface area contributed by atoms with Gasteiger partial charge in [0.1, 0.15) is 0 Å². The minimum atomic E-state index is 0.421. The lowest BCUT2D eigenvalue weighted by atomic mass is 10.1. The zero-order valence-electron chi connectivity index (χ0n) is 12.2. The maximum atomic E-state index is 5.51. The smallest absolute Gasteiger partial charge is 0.223 e. The first-order valence-corrected chi connectivity index (χ1v) is 6.66. The summed E-state index contributed by atoms with van der Waals surface area (Å²) in [5.41, 5.74) is 2.08. The molecule has 0 aromatic carbocycles. The van der Waals surface area contributed by atoms with Gasteiger partial charge in [-0.05, 0) is 24.8 Å². The van der Waals surface area contributed by atoms with Crippen LogP contribution in [0.25, 0.3) is 0 Å². The molecule has 0 spiro atoms. The number of anilines is 1. The summed E-state index contributed by atoms with van der Waals surface area (Å²) in [5, 5.41) is 3.21. The Bertz CT molecular complexity index is 364. The van der Waals surface area contributed by atoms with Gasteiger partial charge in [0.05, 0.1) is 6.61 Å². The maximum Gasteiger partial charge on any atom is 0.223 e. The first-order chi connectivity index (χ1) is 8.49. The number of nitrogens with one attached hydrogen (secondary N) is 1. The van der Waals surface area contributed by atoms with Crippen LogP contribution in [0.1, 0.15) is 45.0 Å². The third-order valence-corrected chi connectivity index (χ3v) is 2.45. The molecule has 4 nitrogen and oxygen atoms in total. The van der Waals surface area contributed by atoms with Crippen LogP contribution in [0.4, 0.5) is 5.95 Å². The topological polar surface area (TPSA) is 47.0 Å². The molecule has 0 fully saturated rings. The van der Waals surface area contributed by atoms with Gasteiger partial charge >= 0.3 is 0 Å². The van der Waals surface area contributed by atoms with Crippen molar-refractivity contribution in [3.63, 3.8) is 0 Å². The predicted molar refractivity (Wildman–Crippen MR) is 75.0 cm³/mol. The average molecular weight is 251 g/mol. The lowest BCUT2D eigenvalue weighted by molar-refractivity contribution is 0.118. The van der Waals surface area contributed by atoms with Crippen LogP contribution >= 0.6 is 0 Å². The highest BCUT2D eigenvalue weighted by Gasteiger charge is 2.05. The van der Waals surface area contributed by atoms with Gasteiger partial charge in [-0.25, -0.2) is 9.97 Å². The first-order valence-electron chi connectivity index (χ1n) is 6.66. The molecule has 0 radical (unpaired) electrons. The average Bonchev–Trinajstić information content (AvgIpc) is 2.27. The molecule has 0 aliphatic rings. The van der Waals surface area contributed by atoms with Crippen molar-refractivity contribution in [2.45, 2.75) is 40.5 Å². The maximum absolute atomic E-state index is 5.51.